The molecule has 2 aromatic heterocycles. The van der Waals surface area contributed by atoms with Crippen LogP contribution >= 0.6 is 0 Å². The van der Waals surface area contributed by atoms with Gasteiger partial charge in [-0.15, -0.1) is 0 Å². The molecule has 2 aromatic rings. The topological polar surface area (TPSA) is 56.7 Å². The van der Waals surface area contributed by atoms with Crippen LogP contribution in [0.3, 0.4) is 0 Å². The van der Waals surface area contributed by atoms with E-state index < -0.39 is 0 Å². The Kier molecular flexibility index (Phi) is 3.77. The Bertz CT molecular complexity index is 513. The summed E-state index contributed by atoms with van der Waals surface area (Å²) in [7, 11) is 1.93. The minimum atomic E-state index is -0.0429. The summed E-state index contributed by atoms with van der Waals surface area (Å²) in [4.78, 5) is 4.44. The molecule has 4 nitrogen and oxygen atoms in total. The molecule has 1 atom stereocenters. The van der Waals surface area contributed by atoms with Crippen LogP contribution in [0.15, 0.2) is 24.5 Å². The minimum absolute atomic E-state index is 0.0429. The normalized spacial score (nSPS) is 12.7. The van der Waals surface area contributed by atoms with Crippen molar-refractivity contribution < 1.29 is 0 Å². The van der Waals surface area contributed by atoms with Gasteiger partial charge in [0.2, 0.25) is 0 Å². The molecule has 0 radical (unpaired) electrons. The average Bonchev–Trinajstić information content (AvgIpc) is 2.71. The predicted octanol–water partition coefficient (Wildman–Crippen LogP) is 1.93. The minimum Gasteiger partial charge on any atom is -0.324 e. The lowest BCUT2D eigenvalue weighted by Gasteiger charge is -2.11. The van der Waals surface area contributed by atoms with E-state index in [0.717, 1.165) is 29.8 Å². The number of hydrogen-bond acceptors (Lipinski definition) is 3. The van der Waals surface area contributed by atoms with Crippen molar-refractivity contribution in [3.8, 4) is 0 Å². The SMILES string of the molecule is CCc1ccc(CC(N)c2cnn(C)c2C)nc1. The van der Waals surface area contributed by atoms with Crippen molar-refractivity contribution in [3.05, 3.63) is 47.0 Å². The second-order valence-electron chi connectivity index (χ2n) is 4.63. The molecule has 2 heterocycles. The van der Waals surface area contributed by atoms with Crippen LogP contribution < -0.4 is 5.73 Å². The molecule has 2 rings (SSSR count). The van der Waals surface area contributed by atoms with E-state index in [4.69, 9.17) is 5.73 Å². The van der Waals surface area contributed by atoms with Crippen LogP contribution in [0.2, 0.25) is 0 Å². The highest BCUT2D eigenvalue weighted by Crippen LogP contribution is 2.18. The maximum absolute atomic E-state index is 6.22. The van der Waals surface area contributed by atoms with E-state index in [0.29, 0.717) is 0 Å². The van der Waals surface area contributed by atoms with E-state index in [-0.39, 0.29) is 6.04 Å². The van der Waals surface area contributed by atoms with Crippen LogP contribution in [0.1, 0.15) is 35.5 Å². The molecule has 0 saturated carbocycles. The van der Waals surface area contributed by atoms with Gasteiger partial charge in [0, 0.05) is 42.7 Å². The summed E-state index contributed by atoms with van der Waals surface area (Å²) < 4.78 is 1.85. The van der Waals surface area contributed by atoms with E-state index in [2.05, 4.69) is 29.1 Å². The number of rotatable bonds is 4. The van der Waals surface area contributed by atoms with Crippen LogP contribution in [0.5, 0.6) is 0 Å². The van der Waals surface area contributed by atoms with Crippen molar-refractivity contribution in [2.24, 2.45) is 12.8 Å². The molecular formula is C14H20N4. The van der Waals surface area contributed by atoms with Crippen LogP contribution in [0.4, 0.5) is 0 Å². The van der Waals surface area contributed by atoms with Gasteiger partial charge in [-0.05, 0) is 25.0 Å². The average molecular weight is 244 g/mol. The van der Waals surface area contributed by atoms with Gasteiger partial charge < -0.3 is 5.73 Å². The van der Waals surface area contributed by atoms with Crippen LogP contribution in [-0.4, -0.2) is 14.8 Å². The summed E-state index contributed by atoms with van der Waals surface area (Å²) in [6, 6.07) is 4.13. The molecule has 0 spiro atoms. The molecule has 0 saturated heterocycles. The third-order valence-electron chi connectivity index (χ3n) is 3.40. The van der Waals surface area contributed by atoms with Gasteiger partial charge in [0.1, 0.15) is 0 Å². The smallest absolute Gasteiger partial charge is 0.0540 e. The quantitative estimate of drug-likeness (QED) is 0.894. The summed E-state index contributed by atoms with van der Waals surface area (Å²) >= 11 is 0. The largest absolute Gasteiger partial charge is 0.324 e. The summed E-state index contributed by atoms with van der Waals surface area (Å²) in [6.45, 7) is 4.16. The first-order valence-electron chi connectivity index (χ1n) is 6.29. The number of aryl methyl sites for hydroxylation is 2. The summed E-state index contributed by atoms with van der Waals surface area (Å²) in [5.41, 5.74) is 10.7. The fourth-order valence-corrected chi connectivity index (χ4v) is 2.00. The van der Waals surface area contributed by atoms with Crippen LogP contribution in [0, 0.1) is 6.92 Å². The van der Waals surface area contributed by atoms with Crippen molar-refractivity contribution in [2.45, 2.75) is 32.7 Å². The Morgan fingerprint density at radius 3 is 2.61 bits per heavy atom. The Hall–Kier alpha value is -1.68. The first-order valence-corrected chi connectivity index (χ1v) is 6.29. The fraction of sp³-hybridized carbons (Fsp3) is 0.429. The van der Waals surface area contributed by atoms with Gasteiger partial charge in [0.15, 0.2) is 0 Å². The maximum Gasteiger partial charge on any atom is 0.0540 e. The first kappa shape index (κ1) is 12.8. The highest BCUT2D eigenvalue weighted by molar-refractivity contribution is 5.23. The van der Waals surface area contributed by atoms with Gasteiger partial charge in [-0.2, -0.15) is 5.10 Å². The first-order chi connectivity index (χ1) is 8.61. The zero-order valence-corrected chi connectivity index (χ0v) is 11.2. The molecule has 4 heteroatoms. The second-order valence-corrected chi connectivity index (χ2v) is 4.63. The highest BCUT2D eigenvalue weighted by Gasteiger charge is 2.13. The fourth-order valence-electron chi connectivity index (χ4n) is 2.00. The van der Waals surface area contributed by atoms with E-state index in [1.807, 2.05) is 31.0 Å². The van der Waals surface area contributed by atoms with Gasteiger partial charge >= 0.3 is 0 Å². The lowest BCUT2D eigenvalue weighted by atomic mass is 10.0. The zero-order valence-electron chi connectivity index (χ0n) is 11.2. The van der Waals surface area contributed by atoms with Gasteiger partial charge in [-0.25, -0.2) is 0 Å². The Balaban J connectivity index is 2.11. The number of nitrogens with two attached hydrogens (primary N) is 1. The number of pyridine rings is 1. The molecule has 96 valence electrons. The molecule has 0 amide bonds. The Morgan fingerprint density at radius 2 is 2.11 bits per heavy atom. The predicted molar refractivity (Wildman–Crippen MR) is 72.2 cm³/mol. The third-order valence-corrected chi connectivity index (χ3v) is 3.40. The van der Waals surface area contributed by atoms with Gasteiger partial charge in [0.05, 0.1) is 6.20 Å². The zero-order chi connectivity index (χ0) is 13.1. The molecule has 18 heavy (non-hydrogen) atoms. The van der Waals surface area contributed by atoms with E-state index in [1.54, 1.807) is 0 Å². The van der Waals surface area contributed by atoms with Crippen molar-refractivity contribution in [3.63, 3.8) is 0 Å². The summed E-state index contributed by atoms with van der Waals surface area (Å²) in [5.74, 6) is 0. The van der Waals surface area contributed by atoms with Crippen LogP contribution in [-0.2, 0) is 19.9 Å². The molecule has 2 N–H and O–H groups in total. The molecule has 1 unspecified atom stereocenters. The summed E-state index contributed by atoms with van der Waals surface area (Å²) in [5, 5.41) is 4.22. The van der Waals surface area contributed by atoms with Gasteiger partial charge in [-0.3, -0.25) is 9.67 Å². The molecule has 0 aliphatic heterocycles. The van der Waals surface area contributed by atoms with Crippen molar-refractivity contribution in [1.29, 1.82) is 0 Å². The second kappa shape index (κ2) is 5.31. The van der Waals surface area contributed by atoms with Crippen molar-refractivity contribution in [2.75, 3.05) is 0 Å². The highest BCUT2D eigenvalue weighted by atomic mass is 15.3. The Morgan fingerprint density at radius 1 is 1.33 bits per heavy atom. The van der Waals surface area contributed by atoms with E-state index >= 15 is 0 Å². The maximum atomic E-state index is 6.22. The molecular weight excluding hydrogens is 224 g/mol. The lowest BCUT2D eigenvalue weighted by Crippen LogP contribution is -2.15. The molecule has 0 aromatic carbocycles. The number of aromatic nitrogens is 3. The van der Waals surface area contributed by atoms with E-state index in [1.165, 1.54) is 5.56 Å². The van der Waals surface area contributed by atoms with Gasteiger partial charge in [-0.1, -0.05) is 13.0 Å². The van der Waals surface area contributed by atoms with E-state index in [9.17, 15) is 0 Å². The van der Waals surface area contributed by atoms with Crippen molar-refractivity contribution in [1.82, 2.24) is 14.8 Å². The standard InChI is InChI=1S/C14H20N4/c1-4-11-5-6-12(16-8-11)7-14(15)13-9-17-18(3)10(13)2/h5-6,8-9,14H,4,7,15H2,1-3H3. The molecule has 0 bridgehead atoms. The number of hydrogen-bond donors (Lipinski definition) is 1. The monoisotopic (exact) mass is 244 g/mol. The number of nitrogens with zero attached hydrogens (tertiary/aromatic N) is 3. The summed E-state index contributed by atoms with van der Waals surface area (Å²) in [6.07, 6.45) is 5.54. The van der Waals surface area contributed by atoms with Crippen LogP contribution in [0.25, 0.3) is 0 Å². The Labute approximate surface area is 108 Å². The van der Waals surface area contributed by atoms with Gasteiger partial charge in [0.25, 0.3) is 0 Å². The third kappa shape index (κ3) is 2.59. The molecule has 0 fully saturated rings. The lowest BCUT2D eigenvalue weighted by molar-refractivity contribution is 0.690. The molecule has 0 aliphatic carbocycles. The van der Waals surface area contributed by atoms with Crippen molar-refractivity contribution >= 4 is 0 Å². The molecule has 0 aliphatic rings.